The second kappa shape index (κ2) is 9.32. The zero-order valence-corrected chi connectivity index (χ0v) is 14.8. The van der Waals surface area contributed by atoms with E-state index < -0.39 is 0 Å². The summed E-state index contributed by atoms with van der Waals surface area (Å²) in [5.41, 5.74) is 0. The molecule has 0 amide bonds. The van der Waals surface area contributed by atoms with E-state index in [0.29, 0.717) is 0 Å². The molecule has 1 heterocycles. The van der Waals surface area contributed by atoms with E-state index in [9.17, 15) is 0 Å². The molecule has 1 aliphatic rings. The molecule has 0 aromatic heterocycles. The van der Waals surface area contributed by atoms with Crippen molar-refractivity contribution in [1.82, 2.24) is 0 Å². The van der Waals surface area contributed by atoms with Crippen molar-refractivity contribution in [1.29, 1.82) is 0 Å². The number of hydrogen-bond acceptors (Lipinski definition) is 1. The molecule has 0 saturated carbocycles. The third-order valence-corrected chi connectivity index (χ3v) is 6.63. The van der Waals surface area contributed by atoms with Gasteiger partial charge < -0.3 is 0 Å². The van der Waals surface area contributed by atoms with Gasteiger partial charge in [0.05, 0.1) is 0 Å². The Kier molecular flexibility index (Phi) is 8.53. The molecule has 5 atom stereocenters. The van der Waals surface area contributed by atoms with Gasteiger partial charge in [-0.05, 0) is 30.6 Å². The monoisotopic (exact) mass is 284 g/mol. The first kappa shape index (κ1) is 17.4. The van der Waals surface area contributed by atoms with Crippen molar-refractivity contribution in [3.05, 3.63) is 0 Å². The van der Waals surface area contributed by atoms with Crippen LogP contribution < -0.4 is 0 Å². The molecule has 1 heteroatoms. The zero-order chi connectivity index (χ0) is 14.3. The molecule has 1 fully saturated rings. The summed E-state index contributed by atoms with van der Waals surface area (Å²) in [6.45, 7) is 11.9. The van der Waals surface area contributed by atoms with Crippen LogP contribution in [0.15, 0.2) is 0 Å². The lowest BCUT2D eigenvalue weighted by molar-refractivity contribution is 0.316. The Hall–Kier alpha value is 0.350. The first-order valence-electron chi connectivity index (χ1n) is 8.77. The van der Waals surface area contributed by atoms with Gasteiger partial charge in [0.15, 0.2) is 0 Å². The van der Waals surface area contributed by atoms with Crippen LogP contribution in [0.25, 0.3) is 0 Å². The number of unbranched alkanes of at least 4 members (excludes halogenated alkanes) is 1. The molecule has 0 radical (unpaired) electrons. The first-order valence-corrected chi connectivity index (χ1v) is 9.71. The quantitative estimate of drug-likeness (QED) is 0.388. The molecule has 5 unspecified atom stereocenters. The van der Waals surface area contributed by atoms with Crippen LogP contribution in [0.5, 0.6) is 0 Å². The Bertz CT molecular complexity index is 226. The number of rotatable bonds is 11. The van der Waals surface area contributed by atoms with Gasteiger partial charge in [-0.25, -0.2) is 0 Å². The van der Waals surface area contributed by atoms with Crippen molar-refractivity contribution < 1.29 is 0 Å². The van der Waals surface area contributed by atoms with Crippen molar-refractivity contribution in [2.24, 2.45) is 17.8 Å². The summed E-state index contributed by atoms with van der Waals surface area (Å²) >= 11 is 2.23. The van der Waals surface area contributed by atoms with Gasteiger partial charge in [-0.15, -0.1) is 0 Å². The molecule has 0 bridgehead atoms. The smallest absolute Gasteiger partial charge is 0.0195 e. The van der Waals surface area contributed by atoms with E-state index in [2.05, 4.69) is 46.4 Å². The van der Waals surface area contributed by atoms with Crippen LogP contribution in [0.4, 0.5) is 0 Å². The Morgan fingerprint density at radius 3 is 2.16 bits per heavy atom. The van der Waals surface area contributed by atoms with Gasteiger partial charge in [0.1, 0.15) is 0 Å². The summed E-state index contributed by atoms with van der Waals surface area (Å²) in [4.78, 5) is 0. The summed E-state index contributed by atoms with van der Waals surface area (Å²) < 4.78 is 0. The van der Waals surface area contributed by atoms with Gasteiger partial charge in [0.25, 0.3) is 0 Å². The van der Waals surface area contributed by atoms with Crippen LogP contribution in [-0.4, -0.2) is 10.5 Å². The Morgan fingerprint density at radius 2 is 1.68 bits per heavy atom. The van der Waals surface area contributed by atoms with Crippen molar-refractivity contribution in [2.45, 2.75) is 96.5 Å². The van der Waals surface area contributed by atoms with E-state index in [1.54, 1.807) is 0 Å². The molecule has 1 aliphatic heterocycles. The van der Waals surface area contributed by atoms with Crippen LogP contribution in [-0.2, 0) is 0 Å². The molecule has 0 aromatic rings. The highest BCUT2D eigenvalue weighted by Gasteiger charge is 2.40. The molecule has 0 N–H and O–H groups in total. The fraction of sp³-hybridized carbons (Fsp3) is 1.00. The molecular formula is C18H36S. The maximum Gasteiger partial charge on any atom is 0.0195 e. The largest absolute Gasteiger partial charge is 0.153 e. The predicted octanol–water partition coefficient (Wildman–Crippen LogP) is 6.54. The minimum Gasteiger partial charge on any atom is -0.153 e. The van der Waals surface area contributed by atoms with Gasteiger partial charge >= 0.3 is 0 Å². The van der Waals surface area contributed by atoms with Crippen LogP contribution >= 0.6 is 11.8 Å². The maximum absolute atomic E-state index is 2.44. The van der Waals surface area contributed by atoms with E-state index in [4.69, 9.17) is 0 Å². The standard InChI is InChI=1S/C18H36S/c1-6-9-10-16(8-3)11-12-17(13-14(4)7-2)18-15(5)19-18/h14-18H,6-13H2,1-5H3. The fourth-order valence-electron chi connectivity index (χ4n) is 3.29. The van der Waals surface area contributed by atoms with Gasteiger partial charge in [-0.2, -0.15) is 11.8 Å². The van der Waals surface area contributed by atoms with Crippen LogP contribution in [0, 0.1) is 17.8 Å². The predicted molar refractivity (Wildman–Crippen MR) is 90.9 cm³/mol. The van der Waals surface area contributed by atoms with Gasteiger partial charge in [-0.3, -0.25) is 0 Å². The third-order valence-electron chi connectivity index (χ3n) is 5.11. The molecule has 1 saturated heterocycles. The first-order chi connectivity index (χ1) is 9.12. The summed E-state index contributed by atoms with van der Waals surface area (Å²) in [5.74, 6) is 2.93. The summed E-state index contributed by atoms with van der Waals surface area (Å²) in [6.07, 6.45) is 11.5. The highest BCUT2D eigenvalue weighted by atomic mass is 32.2. The zero-order valence-electron chi connectivity index (χ0n) is 14.0. The molecule has 114 valence electrons. The summed E-state index contributed by atoms with van der Waals surface area (Å²) in [7, 11) is 0. The number of thioether (sulfide) groups is 1. The van der Waals surface area contributed by atoms with Crippen LogP contribution in [0.1, 0.15) is 86.0 Å². The Balaban J connectivity index is 2.34. The number of hydrogen-bond donors (Lipinski definition) is 0. The minimum atomic E-state index is 0.925. The van der Waals surface area contributed by atoms with Gasteiger partial charge in [0.2, 0.25) is 0 Å². The molecule has 1 rings (SSSR count). The van der Waals surface area contributed by atoms with Crippen molar-refractivity contribution >= 4 is 11.8 Å². The highest BCUT2D eigenvalue weighted by Crippen LogP contribution is 2.49. The molecule has 0 aliphatic carbocycles. The van der Waals surface area contributed by atoms with Gasteiger partial charge in [-0.1, -0.05) is 73.1 Å². The lowest BCUT2D eigenvalue weighted by Gasteiger charge is -2.22. The average molecular weight is 285 g/mol. The second-order valence-corrected chi connectivity index (χ2v) is 8.37. The molecule has 19 heavy (non-hydrogen) atoms. The molecular weight excluding hydrogens is 248 g/mol. The Labute approximate surface area is 126 Å². The topological polar surface area (TPSA) is 0 Å². The van der Waals surface area contributed by atoms with E-state index >= 15 is 0 Å². The van der Waals surface area contributed by atoms with Crippen molar-refractivity contribution in [3.8, 4) is 0 Å². The SMILES string of the molecule is CCCCC(CC)CCC(CC(C)CC)C1SC1C. The fourth-order valence-corrected chi connectivity index (χ4v) is 4.39. The van der Waals surface area contributed by atoms with E-state index in [0.717, 1.165) is 28.3 Å². The van der Waals surface area contributed by atoms with E-state index in [1.807, 2.05) is 0 Å². The summed E-state index contributed by atoms with van der Waals surface area (Å²) in [6, 6.07) is 0. The minimum absolute atomic E-state index is 0.925. The summed E-state index contributed by atoms with van der Waals surface area (Å²) in [5, 5.41) is 1.95. The van der Waals surface area contributed by atoms with Crippen molar-refractivity contribution in [3.63, 3.8) is 0 Å². The maximum atomic E-state index is 2.44. The van der Waals surface area contributed by atoms with Crippen molar-refractivity contribution in [2.75, 3.05) is 0 Å². The van der Waals surface area contributed by atoms with Crippen LogP contribution in [0.3, 0.4) is 0 Å². The highest BCUT2D eigenvalue weighted by molar-refractivity contribution is 8.07. The lowest BCUT2D eigenvalue weighted by Crippen LogP contribution is -2.15. The lowest BCUT2D eigenvalue weighted by atomic mass is 9.83. The normalized spacial score (nSPS) is 27.0. The van der Waals surface area contributed by atoms with E-state index in [-0.39, 0.29) is 0 Å². The molecule has 0 aromatic carbocycles. The Morgan fingerprint density at radius 1 is 1.00 bits per heavy atom. The van der Waals surface area contributed by atoms with Crippen LogP contribution in [0.2, 0.25) is 0 Å². The molecule has 0 spiro atoms. The third kappa shape index (κ3) is 6.56. The average Bonchev–Trinajstić information content (AvgIpc) is 3.14. The van der Waals surface area contributed by atoms with E-state index in [1.165, 1.54) is 51.4 Å². The second-order valence-electron chi connectivity index (χ2n) is 6.81. The molecule has 0 nitrogen and oxygen atoms in total. The van der Waals surface area contributed by atoms with Gasteiger partial charge in [0, 0.05) is 10.5 Å².